The number of carbonyl (C=O) groups excluding carboxylic acids is 1. The van der Waals surface area contributed by atoms with Gasteiger partial charge in [-0.15, -0.1) is 0 Å². The van der Waals surface area contributed by atoms with E-state index < -0.39 is 6.10 Å². The quantitative estimate of drug-likeness (QED) is 0.822. The van der Waals surface area contributed by atoms with Crippen LogP contribution >= 0.6 is 0 Å². The van der Waals surface area contributed by atoms with Crippen molar-refractivity contribution in [1.82, 2.24) is 9.80 Å². The Bertz CT molecular complexity index is 570. The minimum atomic E-state index is -0.453. The lowest BCUT2D eigenvalue weighted by Crippen LogP contribution is -2.51. The summed E-state index contributed by atoms with van der Waals surface area (Å²) in [6, 6.07) is 9.95. The molecule has 0 spiro atoms. The van der Waals surface area contributed by atoms with Crippen LogP contribution in [0.5, 0.6) is 0 Å². The molecule has 1 amide bonds. The predicted octanol–water partition coefficient (Wildman–Crippen LogP) is 1.47. The van der Waals surface area contributed by atoms with E-state index in [9.17, 15) is 9.90 Å². The van der Waals surface area contributed by atoms with E-state index >= 15 is 0 Å². The molecule has 2 saturated heterocycles. The van der Waals surface area contributed by atoms with Crippen molar-refractivity contribution in [3.05, 3.63) is 48.0 Å². The van der Waals surface area contributed by atoms with Crippen molar-refractivity contribution in [3.8, 4) is 0 Å². The van der Waals surface area contributed by atoms with Gasteiger partial charge in [-0.2, -0.15) is 0 Å². The molecule has 0 radical (unpaired) electrons. The molecular formula is C20H28N2O3. The predicted molar refractivity (Wildman–Crippen MR) is 97.3 cm³/mol. The van der Waals surface area contributed by atoms with Crippen LogP contribution in [0.1, 0.15) is 18.4 Å². The molecular weight excluding hydrogens is 316 g/mol. The van der Waals surface area contributed by atoms with Gasteiger partial charge in [0.15, 0.2) is 0 Å². The van der Waals surface area contributed by atoms with Crippen LogP contribution in [0.15, 0.2) is 42.5 Å². The van der Waals surface area contributed by atoms with Crippen LogP contribution in [0.3, 0.4) is 0 Å². The number of aliphatic hydroxyl groups excluding tert-OH is 1. The number of piperidine rings is 1. The molecule has 0 aliphatic carbocycles. The summed E-state index contributed by atoms with van der Waals surface area (Å²) in [6.07, 6.45) is 5.48. The van der Waals surface area contributed by atoms with Gasteiger partial charge in [0.1, 0.15) is 0 Å². The molecule has 0 bridgehead atoms. The second-order valence-corrected chi connectivity index (χ2v) is 6.81. The van der Waals surface area contributed by atoms with Crippen molar-refractivity contribution < 1.29 is 14.6 Å². The van der Waals surface area contributed by atoms with Crippen LogP contribution in [0.2, 0.25) is 0 Å². The molecule has 2 atom stereocenters. The van der Waals surface area contributed by atoms with Crippen molar-refractivity contribution in [3.63, 3.8) is 0 Å². The summed E-state index contributed by atoms with van der Waals surface area (Å²) < 4.78 is 5.34. The number of rotatable bonds is 5. The fourth-order valence-electron chi connectivity index (χ4n) is 3.59. The maximum absolute atomic E-state index is 12.7. The van der Waals surface area contributed by atoms with Crippen molar-refractivity contribution in [1.29, 1.82) is 0 Å². The molecule has 2 aliphatic heterocycles. The van der Waals surface area contributed by atoms with Gasteiger partial charge in [-0.05, 0) is 24.8 Å². The molecule has 0 unspecified atom stereocenters. The minimum Gasteiger partial charge on any atom is -0.391 e. The largest absolute Gasteiger partial charge is 0.391 e. The van der Waals surface area contributed by atoms with Crippen LogP contribution in [0, 0.1) is 0 Å². The number of benzene rings is 1. The van der Waals surface area contributed by atoms with Gasteiger partial charge >= 0.3 is 0 Å². The van der Waals surface area contributed by atoms with Crippen molar-refractivity contribution >= 4 is 5.91 Å². The normalized spacial score (nSPS) is 25.4. The molecule has 1 N–H and O–H groups in total. The molecule has 3 rings (SSSR count). The van der Waals surface area contributed by atoms with E-state index in [0.29, 0.717) is 6.42 Å². The molecule has 2 fully saturated rings. The van der Waals surface area contributed by atoms with Crippen LogP contribution in [0.4, 0.5) is 0 Å². The summed E-state index contributed by atoms with van der Waals surface area (Å²) in [5, 5.41) is 10.4. The van der Waals surface area contributed by atoms with E-state index in [1.54, 1.807) is 6.08 Å². The fourth-order valence-corrected chi connectivity index (χ4v) is 3.59. The Kier molecular flexibility index (Phi) is 6.62. The van der Waals surface area contributed by atoms with Gasteiger partial charge in [0, 0.05) is 32.3 Å². The Labute approximate surface area is 149 Å². The monoisotopic (exact) mass is 344 g/mol. The summed E-state index contributed by atoms with van der Waals surface area (Å²) in [5.41, 5.74) is 1.16. The Morgan fingerprint density at radius 2 is 1.96 bits per heavy atom. The highest BCUT2D eigenvalue weighted by atomic mass is 16.5. The van der Waals surface area contributed by atoms with Crippen LogP contribution in [-0.2, 0) is 16.0 Å². The maximum Gasteiger partial charge on any atom is 0.246 e. The number of likely N-dealkylation sites (tertiary alicyclic amines) is 1. The van der Waals surface area contributed by atoms with Gasteiger partial charge in [-0.25, -0.2) is 0 Å². The summed E-state index contributed by atoms with van der Waals surface area (Å²) in [5.74, 6) is 0.00735. The Balaban J connectivity index is 1.59. The summed E-state index contributed by atoms with van der Waals surface area (Å²) >= 11 is 0. The molecule has 5 heteroatoms. The van der Waals surface area contributed by atoms with Crippen molar-refractivity contribution in [2.45, 2.75) is 31.4 Å². The third-order valence-corrected chi connectivity index (χ3v) is 5.04. The minimum absolute atomic E-state index is 0.00735. The zero-order chi connectivity index (χ0) is 17.5. The van der Waals surface area contributed by atoms with E-state index in [1.165, 1.54) is 0 Å². The highest BCUT2D eigenvalue weighted by Crippen LogP contribution is 2.22. The van der Waals surface area contributed by atoms with E-state index in [4.69, 9.17) is 4.74 Å². The van der Waals surface area contributed by atoms with E-state index in [-0.39, 0.29) is 11.9 Å². The number of morpholine rings is 1. The van der Waals surface area contributed by atoms with Gasteiger partial charge in [0.25, 0.3) is 0 Å². The van der Waals surface area contributed by atoms with Gasteiger partial charge in [0.2, 0.25) is 5.91 Å². The molecule has 2 heterocycles. The first-order valence-electron chi connectivity index (χ1n) is 9.23. The second kappa shape index (κ2) is 9.13. The number of hydrogen-bond acceptors (Lipinski definition) is 4. The second-order valence-electron chi connectivity index (χ2n) is 6.81. The average molecular weight is 344 g/mol. The molecule has 0 aromatic heterocycles. The van der Waals surface area contributed by atoms with E-state index in [2.05, 4.69) is 17.0 Å². The molecule has 0 saturated carbocycles. The molecule has 2 aliphatic rings. The van der Waals surface area contributed by atoms with Gasteiger partial charge in [0.05, 0.1) is 25.4 Å². The zero-order valence-electron chi connectivity index (χ0n) is 14.7. The zero-order valence-corrected chi connectivity index (χ0v) is 14.7. The van der Waals surface area contributed by atoms with Crippen molar-refractivity contribution in [2.75, 3.05) is 39.4 Å². The SMILES string of the molecule is O=C(/C=C/CN1CCOCC1)N1CCC[C@H](O)[C@@H]1Cc1ccccc1. The summed E-state index contributed by atoms with van der Waals surface area (Å²) in [7, 11) is 0. The maximum atomic E-state index is 12.7. The van der Waals surface area contributed by atoms with E-state index in [0.717, 1.165) is 57.8 Å². The Hall–Kier alpha value is -1.69. The number of carbonyl (C=O) groups is 1. The number of aliphatic hydroxyl groups is 1. The number of amides is 1. The Morgan fingerprint density at radius 1 is 1.20 bits per heavy atom. The van der Waals surface area contributed by atoms with Crippen LogP contribution in [0.25, 0.3) is 0 Å². The molecule has 136 valence electrons. The van der Waals surface area contributed by atoms with Gasteiger partial charge in [-0.3, -0.25) is 9.69 Å². The van der Waals surface area contributed by atoms with Gasteiger partial charge < -0.3 is 14.7 Å². The fraction of sp³-hybridized carbons (Fsp3) is 0.550. The van der Waals surface area contributed by atoms with E-state index in [1.807, 2.05) is 29.2 Å². The average Bonchev–Trinajstić information content (AvgIpc) is 2.65. The Morgan fingerprint density at radius 3 is 2.72 bits per heavy atom. The summed E-state index contributed by atoms with van der Waals surface area (Å²) in [4.78, 5) is 16.8. The third-order valence-electron chi connectivity index (χ3n) is 5.04. The van der Waals surface area contributed by atoms with Crippen LogP contribution in [-0.4, -0.2) is 72.4 Å². The number of nitrogens with zero attached hydrogens (tertiary/aromatic N) is 2. The highest BCUT2D eigenvalue weighted by Gasteiger charge is 2.32. The standard InChI is InChI=1S/C20H28N2O3/c23-19-8-4-11-22(18(19)16-17-6-2-1-3-7-17)20(24)9-5-10-21-12-14-25-15-13-21/h1-3,5-7,9,18-19,23H,4,8,10-16H2/b9-5+/t18-,19-/m0/s1. The lowest BCUT2D eigenvalue weighted by atomic mass is 9.93. The molecule has 5 nitrogen and oxygen atoms in total. The van der Waals surface area contributed by atoms with Crippen molar-refractivity contribution in [2.24, 2.45) is 0 Å². The topological polar surface area (TPSA) is 53.0 Å². The molecule has 25 heavy (non-hydrogen) atoms. The lowest BCUT2D eigenvalue weighted by molar-refractivity contribution is -0.133. The first kappa shape index (κ1) is 18.1. The number of ether oxygens (including phenoxy) is 1. The number of hydrogen-bond donors (Lipinski definition) is 1. The molecule has 1 aromatic rings. The third kappa shape index (κ3) is 5.14. The lowest BCUT2D eigenvalue weighted by Gasteiger charge is -2.38. The first-order chi connectivity index (χ1) is 12.2. The van der Waals surface area contributed by atoms with Crippen LogP contribution < -0.4 is 0 Å². The van der Waals surface area contributed by atoms with Gasteiger partial charge in [-0.1, -0.05) is 36.4 Å². The molecule has 1 aromatic carbocycles. The smallest absolute Gasteiger partial charge is 0.246 e. The highest BCUT2D eigenvalue weighted by molar-refractivity contribution is 5.88. The first-order valence-corrected chi connectivity index (χ1v) is 9.23. The summed E-state index contributed by atoms with van der Waals surface area (Å²) in [6.45, 7) is 4.85.